The molecule has 3 amide bonds. The first-order valence-electron chi connectivity index (χ1n) is 12.4. The summed E-state index contributed by atoms with van der Waals surface area (Å²) in [5, 5.41) is 2.69. The zero-order valence-electron chi connectivity index (χ0n) is 21.0. The molecule has 0 spiro atoms. The van der Waals surface area contributed by atoms with E-state index in [1.54, 1.807) is 36.1 Å². The summed E-state index contributed by atoms with van der Waals surface area (Å²) in [5.74, 6) is -1.62. The first-order valence-corrected chi connectivity index (χ1v) is 12.4. The van der Waals surface area contributed by atoms with Gasteiger partial charge in [-0.1, -0.05) is 6.92 Å². The van der Waals surface area contributed by atoms with Gasteiger partial charge in [-0.15, -0.1) is 0 Å². The van der Waals surface area contributed by atoms with Gasteiger partial charge in [-0.25, -0.2) is 14.0 Å². The largest absolute Gasteiger partial charge is 0.452 e. The molecule has 2 fully saturated rings. The topological polar surface area (TPSA) is 135 Å². The summed E-state index contributed by atoms with van der Waals surface area (Å²) >= 11 is 0. The smallest absolute Gasteiger partial charge is 0.414 e. The van der Waals surface area contributed by atoms with Crippen LogP contribution in [0.1, 0.15) is 23.7 Å². The number of rotatable bonds is 8. The number of nitrogens with one attached hydrogen (secondary N) is 1. The fourth-order valence-corrected chi connectivity index (χ4v) is 4.21. The standard InChI is InChI=1S/C26H30FN5O6/c1-2-23(33)29-18-5-3-17(4-6-18)25(35)37-16-24(34)31-11-9-30(10-12-31)22-8-7-19(13-21(22)27)32-15-20(14-28)38-26(32)36/h3-8,13,20H,2,9-12,14-16,28H2,1H3,(H,29,33). The highest BCUT2D eigenvalue weighted by Crippen LogP contribution is 2.28. The van der Waals surface area contributed by atoms with E-state index < -0.39 is 30.6 Å². The summed E-state index contributed by atoms with van der Waals surface area (Å²) in [6.07, 6.45) is -0.637. The molecule has 0 aromatic heterocycles. The van der Waals surface area contributed by atoms with Gasteiger partial charge in [0.1, 0.15) is 11.9 Å². The number of esters is 1. The zero-order chi connectivity index (χ0) is 27.2. The Morgan fingerprint density at radius 3 is 2.42 bits per heavy atom. The zero-order valence-corrected chi connectivity index (χ0v) is 21.0. The van der Waals surface area contributed by atoms with Crippen molar-refractivity contribution in [1.29, 1.82) is 0 Å². The van der Waals surface area contributed by atoms with Crippen molar-refractivity contribution in [3.05, 3.63) is 53.8 Å². The molecule has 2 aliphatic heterocycles. The lowest BCUT2D eigenvalue weighted by Crippen LogP contribution is -2.50. The Bertz CT molecular complexity index is 1200. The number of carbonyl (C=O) groups is 4. The van der Waals surface area contributed by atoms with Crippen molar-refractivity contribution in [2.45, 2.75) is 19.4 Å². The third kappa shape index (κ3) is 6.20. The van der Waals surface area contributed by atoms with E-state index in [9.17, 15) is 23.6 Å². The first kappa shape index (κ1) is 26.9. The number of carbonyl (C=O) groups excluding carboxylic acids is 4. The minimum atomic E-state index is -0.646. The van der Waals surface area contributed by atoms with Crippen LogP contribution in [0, 0.1) is 5.82 Å². The molecule has 3 N–H and O–H groups in total. The number of nitrogens with zero attached hydrogens (tertiary/aromatic N) is 3. The maximum absolute atomic E-state index is 14.9. The third-order valence-corrected chi connectivity index (χ3v) is 6.41. The molecule has 1 atom stereocenters. The molecule has 202 valence electrons. The van der Waals surface area contributed by atoms with Crippen LogP contribution in [0.4, 0.5) is 26.2 Å². The summed E-state index contributed by atoms with van der Waals surface area (Å²) in [6, 6.07) is 10.7. The van der Waals surface area contributed by atoms with Crippen molar-refractivity contribution in [2.24, 2.45) is 5.73 Å². The molecule has 0 saturated carbocycles. The molecular weight excluding hydrogens is 497 g/mol. The molecule has 1 unspecified atom stereocenters. The van der Waals surface area contributed by atoms with Crippen LogP contribution in [0.15, 0.2) is 42.5 Å². The average Bonchev–Trinajstić information content (AvgIpc) is 3.32. The van der Waals surface area contributed by atoms with Crippen molar-refractivity contribution >= 4 is 40.9 Å². The summed E-state index contributed by atoms with van der Waals surface area (Å²) in [5.41, 5.74) is 7.14. The minimum Gasteiger partial charge on any atom is -0.452 e. The molecule has 2 saturated heterocycles. The molecule has 4 rings (SSSR count). The normalized spacial score (nSPS) is 17.3. The molecular formula is C26H30FN5O6. The molecule has 12 heteroatoms. The van der Waals surface area contributed by atoms with Crippen molar-refractivity contribution in [2.75, 3.05) is 61.0 Å². The van der Waals surface area contributed by atoms with Gasteiger partial charge in [0.15, 0.2) is 6.61 Å². The van der Waals surface area contributed by atoms with Gasteiger partial charge < -0.3 is 30.3 Å². The molecule has 2 aromatic carbocycles. The maximum Gasteiger partial charge on any atom is 0.414 e. The molecule has 2 heterocycles. The van der Waals surface area contributed by atoms with E-state index in [2.05, 4.69) is 5.32 Å². The van der Waals surface area contributed by atoms with Gasteiger partial charge in [-0.3, -0.25) is 14.5 Å². The Morgan fingerprint density at radius 1 is 1.11 bits per heavy atom. The van der Waals surface area contributed by atoms with Crippen LogP contribution in [0.2, 0.25) is 0 Å². The maximum atomic E-state index is 14.9. The molecule has 2 aliphatic rings. The first-order chi connectivity index (χ1) is 18.3. The van der Waals surface area contributed by atoms with Crippen LogP contribution in [0.25, 0.3) is 0 Å². The summed E-state index contributed by atoms with van der Waals surface area (Å²) < 4.78 is 25.2. The van der Waals surface area contributed by atoms with E-state index in [0.717, 1.165) is 0 Å². The van der Waals surface area contributed by atoms with Gasteiger partial charge in [0.05, 0.1) is 23.5 Å². The van der Waals surface area contributed by atoms with Crippen molar-refractivity contribution in [1.82, 2.24) is 4.90 Å². The number of amides is 3. The molecule has 11 nitrogen and oxygen atoms in total. The fraction of sp³-hybridized carbons (Fsp3) is 0.385. The highest BCUT2D eigenvalue weighted by atomic mass is 19.1. The predicted octanol–water partition coefficient (Wildman–Crippen LogP) is 1.96. The lowest BCUT2D eigenvalue weighted by molar-refractivity contribution is -0.134. The molecule has 38 heavy (non-hydrogen) atoms. The second-order valence-corrected chi connectivity index (χ2v) is 8.91. The van der Waals surface area contributed by atoms with Crippen LogP contribution in [0.5, 0.6) is 0 Å². The summed E-state index contributed by atoms with van der Waals surface area (Å²) in [6.45, 7) is 3.23. The van der Waals surface area contributed by atoms with E-state index in [1.807, 2.05) is 4.90 Å². The second kappa shape index (κ2) is 11.9. The number of cyclic esters (lactones) is 1. The number of anilines is 3. The van der Waals surface area contributed by atoms with Gasteiger partial charge >= 0.3 is 12.1 Å². The van der Waals surface area contributed by atoms with Crippen LogP contribution < -0.4 is 20.9 Å². The summed E-state index contributed by atoms with van der Waals surface area (Å²) in [7, 11) is 0. The van der Waals surface area contributed by atoms with Crippen LogP contribution in [-0.4, -0.2) is 80.8 Å². The van der Waals surface area contributed by atoms with Crippen LogP contribution >= 0.6 is 0 Å². The summed E-state index contributed by atoms with van der Waals surface area (Å²) in [4.78, 5) is 53.1. The Morgan fingerprint density at radius 2 is 1.82 bits per heavy atom. The van der Waals surface area contributed by atoms with Gasteiger partial charge in [-0.05, 0) is 42.5 Å². The Kier molecular flexibility index (Phi) is 8.41. The van der Waals surface area contributed by atoms with Crippen molar-refractivity contribution < 1.29 is 33.0 Å². The lowest BCUT2D eigenvalue weighted by Gasteiger charge is -2.36. The van der Waals surface area contributed by atoms with Crippen LogP contribution in [-0.2, 0) is 19.1 Å². The van der Waals surface area contributed by atoms with Gasteiger partial charge in [-0.2, -0.15) is 0 Å². The highest BCUT2D eigenvalue weighted by molar-refractivity contribution is 5.94. The predicted molar refractivity (Wildman–Crippen MR) is 138 cm³/mol. The van der Waals surface area contributed by atoms with E-state index >= 15 is 0 Å². The number of benzene rings is 2. The number of nitrogens with two attached hydrogens (primary N) is 1. The number of halogens is 1. The van der Waals surface area contributed by atoms with E-state index in [1.165, 1.54) is 23.1 Å². The van der Waals surface area contributed by atoms with Gasteiger partial charge in [0.2, 0.25) is 5.91 Å². The third-order valence-electron chi connectivity index (χ3n) is 6.41. The number of hydrogen-bond donors (Lipinski definition) is 2. The second-order valence-electron chi connectivity index (χ2n) is 8.91. The Hall–Kier alpha value is -4.19. The van der Waals surface area contributed by atoms with Crippen LogP contribution in [0.3, 0.4) is 0 Å². The Labute approximate surface area is 219 Å². The van der Waals surface area contributed by atoms with Gasteiger partial charge in [0.25, 0.3) is 5.91 Å². The SMILES string of the molecule is CCC(=O)Nc1ccc(C(=O)OCC(=O)N2CCN(c3ccc(N4CC(CN)OC4=O)cc3F)CC2)cc1. The quantitative estimate of drug-likeness (QED) is 0.498. The van der Waals surface area contributed by atoms with Crippen molar-refractivity contribution in [3.63, 3.8) is 0 Å². The van der Waals surface area contributed by atoms with Crippen molar-refractivity contribution in [3.8, 4) is 0 Å². The monoisotopic (exact) mass is 527 g/mol. The molecule has 2 aromatic rings. The molecule has 0 radical (unpaired) electrons. The van der Waals surface area contributed by atoms with Gasteiger partial charge in [0, 0.05) is 44.8 Å². The Balaban J connectivity index is 1.25. The number of hydrogen-bond acceptors (Lipinski definition) is 8. The fourth-order valence-electron chi connectivity index (χ4n) is 4.21. The average molecular weight is 528 g/mol. The van der Waals surface area contributed by atoms with E-state index in [0.29, 0.717) is 49.7 Å². The van der Waals surface area contributed by atoms with E-state index in [4.69, 9.17) is 15.2 Å². The minimum absolute atomic E-state index is 0.138. The molecule has 0 bridgehead atoms. The highest BCUT2D eigenvalue weighted by Gasteiger charge is 2.32. The lowest BCUT2D eigenvalue weighted by atomic mass is 10.2. The number of piperazine rings is 1. The number of ether oxygens (including phenoxy) is 2. The van der Waals surface area contributed by atoms with E-state index in [-0.39, 0.29) is 30.5 Å². The molecule has 0 aliphatic carbocycles.